The zero-order valence-electron chi connectivity index (χ0n) is 8.64. The normalized spacial score (nSPS) is 21.3. The summed E-state index contributed by atoms with van der Waals surface area (Å²) in [7, 11) is 0. The maximum atomic E-state index is 11.4. The van der Waals surface area contributed by atoms with E-state index in [4.69, 9.17) is 0 Å². The number of aromatic nitrogens is 1. The number of amides is 1. The first-order valence-corrected chi connectivity index (χ1v) is 5.89. The van der Waals surface area contributed by atoms with Gasteiger partial charge in [0.15, 0.2) is 0 Å². The molecule has 1 fully saturated rings. The van der Waals surface area contributed by atoms with Gasteiger partial charge < -0.3 is 10.0 Å². The summed E-state index contributed by atoms with van der Waals surface area (Å²) in [5.41, 5.74) is 2.87. The van der Waals surface area contributed by atoms with Gasteiger partial charge in [-0.3, -0.25) is 4.79 Å². The summed E-state index contributed by atoms with van der Waals surface area (Å²) in [6.45, 7) is 3.15. The van der Waals surface area contributed by atoms with Gasteiger partial charge in [-0.05, 0) is 6.92 Å². The first kappa shape index (κ1) is 10.6. The third-order valence-electron chi connectivity index (χ3n) is 2.65. The first-order valence-electron chi connectivity index (χ1n) is 5.01. The third-order valence-corrected chi connectivity index (χ3v) is 3.64. The van der Waals surface area contributed by atoms with Gasteiger partial charge in [-0.1, -0.05) is 0 Å². The highest BCUT2D eigenvalue weighted by molar-refractivity contribution is 7.09. The Hall–Kier alpha value is -0.940. The molecule has 0 radical (unpaired) electrons. The van der Waals surface area contributed by atoms with E-state index in [1.54, 1.807) is 16.2 Å². The average molecular weight is 226 g/mol. The molecule has 1 aliphatic heterocycles. The van der Waals surface area contributed by atoms with E-state index < -0.39 is 6.10 Å². The van der Waals surface area contributed by atoms with E-state index in [-0.39, 0.29) is 12.3 Å². The molecular weight excluding hydrogens is 212 g/mol. The minimum atomic E-state index is -0.472. The van der Waals surface area contributed by atoms with Gasteiger partial charge in [-0.15, -0.1) is 11.3 Å². The molecule has 1 aromatic heterocycles. The molecule has 1 aliphatic rings. The molecule has 0 saturated carbocycles. The van der Waals surface area contributed by atoms with Crippen molar-refractivity contribution in [3.8, 4) is 0 Å². The summed E-state index contributed by atoms with van der Waals surface area (Å²) in [5.74, 6) is 0.0599. The van der Waals surface area contributed by atoms with Gasteiger partial charge in [-0.25, -0.2) is 4.98 Å². The van der Waals surface area contributed by atoms with E-state index in [2.05, 4.69) is 4.98 Å². The monoisotopic (exact) mass is 226 g/mol. The second-order valence-corrected chi connectivity index (χ2v) is 4.75. The molecule has 82 valence electrons. The Kier molecular flexibility index (Phi) is 3.02. The van der Waals surface area contributed by atoms with Crippen LogP contribution in [0.15, 0.2) is 5.51 Å². The minimum Gasteiger partial charge on any atom is -0.391 e. The molecule has 2 heterocycles. The number of aliphatic hydroxyl groups excluding tert-OH is 1. The molecule has 1 aromatic rings. The number of thiazole rings is 1. The fraction of sp³-hybridized carbons (Fsp3) is 0.600. The predicted molar refractivity (Wildman–Crippen MR) is 57.8 cm³/mol. The topological polar surface area (TPSA) is 53.4 Å². The van der Waals surface area contributed by atoms with Crippen molar-refractivity contribution < 1.29 is 9.90 Å². The van der Waals surface area contributed by atoms with Gasteiger partial charge in [-0.2, -0.15) is 0 Å². The molecule has 0 bridgehead atoms. The molecule has 1 saturated heterocycles. The van der Waals surface area contributed by atoms with Crippen LogP contribution in [0.1, 0.15) is 17.0 Å². The number of carbonyl (C=O) groups excluding carboxylic acids is 1. The summed E-state index contributed by atoms with van der Waals surface area (Å²) < 4.78 is 0. The molecule has 0 aliphatic carbocycles. The molecule has 2 rings (SSSR count). The molecule has 5 heteroatoms. The van der Waals surface area contributed by atoms with Crippen molar-refractivity contribution >= 4 is 17.2 Å². The van der Waals surface area contributed by atoms with Crippen molar-refractivity contribution in [3.63, 3.8) is 0 Å². The number of aliphatic hydroxyl groups is 1. The average Bonchev–Trinajstić information content (AvgIpc) is 2.70. The van der Waals surface area contributed by atoms with Crippen LogP contribution in [0, 0.1) is 6.92 Å². The Labute approximate surface area is 92.6 Å². The van der Waals surface area contributed by atoms with Crippen LogP contribution >= 0.6 is 11.3 Å². The zero-order chi connectivity index (χ0) is 10.8. The summed E-state index contributed by atoms with van der Waals surface area (Å²) >= 11 is 1.62. The Morgan fingerprint density at radius 1 is 1.73 bits per heavy atom. The highest BCUT2D eigenvalue weighted by Gasteiger charge is 2.27. The Balaban J connectivity index is 1.89. The lowest BCUT2D eigenvalue weighted by Gasteiger charge is -2.14. The van der Waals surface area contributed by atoms with Crippen LogP contribution in [0.25, 0.3) is 0 Å². The van der Waals surface area contributed by atoms with Gasteiger partial charge in [0.25, 0.3) is 0 Å². The summed E-state index contributed by atoms with van der Waals surface area (Å²) in [6, 6.07) is 0. The number of aryl methyl sites for hydroxylation is 1. The van der Waals surface area contributed by atoms with Crippen molar-refractivity contribution in [2.75, 3.05) is 13.1 Å². The smallest absolute Gasteiger partial charge is 0.225 e. The van der Waals surface area contributed by atoms with Crippen LogP contribution in [0.4, 0.5) is 0 Å². The summed E-state index contributed by atoms with van der Waals surface area (Å²) in [6.07, 6.45) is 0.649. The van der Waals surface area contributed by atoms with Crippen molar-refractivity contribution in [2.45, 2.75) is 25.9 Å². The Morgan fingerprint density at radius 3 is 3.07 bits per heavy atom. The Morgan fingerprint density at radius 2 is 2.53 bits per heavy atom. The van der Waals surface area contributed by atoms with Gasteiger partial charge in [0.1, 0.15) is 0 Å². The van der Waals surface area contributed by atoms with Crippen LogP contribution in [-0.4, -0.2) is 40.1 Å². The molecule has 1 amide bonds. The van der Waals surface area contributed by atoms with Crippen molar-refractivity contribution in [1.82, 2.24) is 9.88 Å². The summed E-state index contributed by atoms with van der Waals surface area (Å²) in [5, 5.41) is 9.31. The van der Waals surface area contributed by atoms with Gasteiger partial charge in [0.2, 0.25) is 5.91 Å². The molecule has 0 aromatic carbocycles. The molecule has 4 nitrogen and oxygen atoms in total. The van der Waals surface area contributed by atoms with Gasteiger partial charge >= 0.3 is 0 Å². The second-order valence-electron chi connectivity index (χ2n) is 3.81. The largest absolute Gasteiger partial charge is 0.391 e. The van der Waals surface area contributed by atoms with E-state index in [1.165, 1.54) is 4.88 Å². The standard InChI is InChI=1S/C10H14N2O2S/c1-7-9(15-6-11-7)2-3-12-5-8(13)4-10(12)14/h6,8,13H,2-5H2,1H3. The van der Waals surface area contributed by atoms with E-state index in [0.29, 0.717) is 13.1 Å². The van der Waals surface area contributed by atoms with Crippen LogP contribution in [0.2, 0.25) is 0 Å². The number of likely N-dealkylation sites (tertiary alicyclic amines) is 1. The molecular formula is C10H14N2O2S. The number of hydrogen-bond acceptors (Lipinski definition) is 4. The van der Waals surface area contributed by atoms with Crippen molar-refractivity contribution in [1.29, 1.82) is 0 Å². The first-order chi connectivity index (χ1) is 7.16. The van der Waals surface area contributed by atoms with E-state index in [1.807, 2.05) is 12.4 Å². The fourth-order valence-electron chi connectivity index (χ4n) is 1.77. The van der Waals surface area contributed by atoms with Gasteiger partial charge in [0.05, 0.1) is 23.7 Å². The fourth-order valence-corrected chi connectivity index (χ4v) is 2.54. The Bertz CT molecular complexity index is 364. The number of hydrogen-bond donors (Lipinski definition) is 1. The predicted octanol–water partition coefficient (Wildman–Crippen LogP) is 0.587. The maximum absolute atomic E-state index is 11.4. The second kappa shape index (κ2) is 4.28. The number of carbonyl (C=O) groups is 1. The van der Waals surface area contributed by atoms with Crippen LogP contribution in [-0.2, 0) is 11.2 Å². The van der Waals surface area contributed by atoms with Gasteiger partial charge in [0, 0.05) is 24.4 Å². The zero-order valence-corrected chi connectivity index (χ0v) is 9.46. The lowest BCUT2D eigenvalue weighted by Crippen LogP contribution is -2.28. The highest BCUT2D eigenvalue weighted by atomic mass is 32.1. The third kappa shape index (κ3) is 2.35. The van der Waals surface area contributed by atoms with E-state index in [9.17, 15) is 9.90 Å². The van der Waals surface area contributed by atoms with Crippen molar-refractivity contribution in [2.24, 2.45) is 0 Å². The van der Waals surface area contributed by atoms with Crippen LogP contribution in [0.5, 0.6) is 0 Å². The summed E-state index contributed by atoms with van der Waals surface area (Å²) in [4.78, 5) is 18.5. The number of nitrogens with zero attached hydrogens (tertiary/aromatic N) is 2. The molecule has 15 heavy (non-hydrogen) atoms. The molecule has 1 atom stereocenters. The van der Waals surface area contributed by atoms with Crippen LogP contribution < -0.4 is 0 Å². The number of rotatable bonds is 3. The quantitative estimate of drug-likeness (QED) is 0.820. The molecule has 1 N–H and O–H groups in total. The van der Waals surface area contributed by atoms with Crippen LogP contribution in [0.3, 0.4) is 0 Å². The SMILES string of the molecule is Cc1ncsc1CCN1CC(O)CC1=O. The highest BCUT2D eigenvalue weighted by Crippen LogP contribution is 2.16. The minimum absolute atomic E-state index is 0.0599. The maximum Gasteiger partial charge on any atom is 0.225 e. The molecule has 1 unspecified atom stereocenters. The molecule has 0 spiro atoms. The van der Waals surface area contributed by atoms with Crippen molar-refractivity contribution in [3.05, 3.63) is 16.1 Å². The lowest BCUT2D eigenvalue weighted by atomic mass is 10.3. The van der Waals surface area contributed by atoms with E-state index >= 15 is 0 Å². The van der Waals surface area contributed by atoms with E-state index in [0.717, 1.165) is 12.1 Å². The lowest BCUT2D eigenvalue weighted by molar-refractivity contribution is -0.127. The number of β-amino-alcohol motifs (C(OH)–C–C–N with tert-alkyl or cyclic N) is 1.